The summed E-state index contributed by atoms with van der Waals surface area (Å²) in [5.41, 5.74) is 2.52. The fourth-order valence-corrected chi connectivity index (χ4v) is 3.10. The highest BCUT2D eigenvalue weighted by molar-refractivity contribution is 6.31. The zero-order valence-corrected chi connectivity index (χ0v) is 15.6. The average molecular weight is 370 g/mol. The van der Waals surface area contributed by atoms with Crippen molar-refractivity contribution in [1.82, 2.24) is 14.7 Å². The monoisotopic (exact) mass is 369 g/mol. The van der Waals surface area contributed by atoms with E-state index in [0.29, 0.717) is 10.8 Å². The van der Waals surface area contributed by atoms with Crippen molar-refractivity contribution in [3.05, 3.63) is 77.2 Å². The summed E-state index contributed by atoms with van der Waals surface area (Å²) in [6.45, 7) is 0.792. The first-order valence-electron chi connectivity index (χ1n) is 8.49. The molecule has 5 nitrogen and oxygen atoms in total. The minimum absolute atomic E-state index is 0.0593. The molecule has 26 heavy (non-hydrogen) atoms. The quantitative estimate of drug-likeness (QED) is 0.653. The number of amides is 1. The number of aromatic nitrogens is 2. The number of hydrogen-bond acceptors (Lipinski definition) is 2. The van der Waals surface area contributed by atoms with E-state index in [2.05, 4.69) is 24.4 Å². The second-order valence-electron chi connectivity index (χ2n) is 6.43. The Morgan fingerprint density at radius 3 is 2.69 bits per heavy atom. The first kappa shape index (κ1) is 18.2. The van der Waals surface area contributed by atoms with Crippen LogP contribution in [0.1, 0.15) is 17.3 Å². The van der Waals surface area contributed by atoms with E-state index >= 15 is 0 Å². The lowest BCUT2D eigenvalue weighted by Gasteiger charge is -2.20. The molecule has 0 aliphatic heterocycles. The second kappa shape index (κ2) is 8.17. The molecule has 1 atom stereocenters. The van der Waals surface area contributed by atoms with Crippen LogP contribution in [0.25, 0.3) is 11.7 Å². The van der Waals surface area contributed by atoms with E-state index in [1.807, 2.05) is 59.1 Å². The van der Waals surface area contributed by atoms with Gasteiger partial charge in [-0.1, -0.05) is 48.0 Å². The van der Waals surface area contributed by atoms with Crippen molar-refractivity contribution in [3.8, 4) is 0 Å². The molecule has 1 amide bonds. The maximum Gasteiger partial charge on any atom is 0.244 e. The Labute approximate surface area is 157 Å². The predicted octanol–water partition coefficient (Wildman–Crippen LogP) is 2.00. The molecule has 6 heteroatoms. The Bertz CT molecular complexity index is 918. The van der Waals surface area contributed by atoms with E-state index < -0.39 is 0 Å². The average Bonchev–Trinajstić information content (AvgIpc) is 2.95. The van der Waals surface area contributed by atoms with Crippen LogP contribution in [0.3, 0.4) is 0 Å². The lowest BCUT2D eigenvalue weighted by atomic mass is 10.1. The summed E-state index contributed by atoms with van der Waals surface area (Å²) in [5, 5.41) is 3.45. The number of hydrogen-bond donors (Lipinski definition) is 2. The number of quaternary nitrogens is 1. The number of carbonyl (C=O) groups is 1. The standard InChI is InChI=1S/C20H21ClN4O/c1-24(2)14-16(15-8-4-3-5-9-15)22-19(26)12-11-17-20(21)23-18-10-6-7-13-25(17)18/h3-13,16H,14H2,1-2H3,(H,22,26)/p+1/b12-11+/t16-/m1/s1. The molecular formula is C20H22ClN4O+. The van der Waals surface area contributed by atoms with Crippen LogP contribution in [-0.2, 0) is 4.79 Å². The van der Waals surface area contributed by atoms with E-state index in [4.69, 9.17) is 11.6 Å². The van der Waals surface area contributed by atoms with Crippen molar-refractivity contribution >= 4 is 29.2 Å². The molecular weight excluding hydrogens is 348 g/mol. The Hall–Kier alpha value is -2.63. The van der Waals surface area contributed by atoms with Crippen LogP contribution in [0.5, 0.6) is 0 Å². The summed E-state index contributed by atoms with van der Waals surface area (Å²) in [4.78, 5) is 18.0. The summed E-state index contributed by atoms with van der Waals surface area (Å²) >= 11 is 6.20. The highest BCUT2D eigenvalue weighted by Gasteiger charge is 2.16. The number of fused-ring (bicyclic) bond motifs is 1. The summed E-state index contributed by atoms with van der Waals surface area (Å²) < 4.78 is 1.85. The van der Waals surface area contributed by atoms with Crippen molar-refractivity contribution in [3.63, 3.8) is 0 Å². The van der Waals surface area contributed by atoms with E-state index in [1.54, 1.807) is 6.08 Å². The summed E-state index contributed by atoms with van der Waals surface area (Å²) in [6.07, 6.45) is 5.07. The van der Waals surface area contributed by atoms with E-state index in [1.165, 1.54) is 11.0 Å². The molecule has 134 valence electrons. The zero-order valence-electron chi connectivity index (χ0n) is 14.8. The third kappa shape index (κ3) is 4.31. The van der Waals surface area contributed by atoms with Gasteiger partial charge in [0.25, 0.3) is 0 Å². The lowest BCUT2D eigenvalue weighted by Crippen LogP contribution is -3.06. The van der Waals surface area contributed by atoms with Gasteiger partial charge in [-0.2, -0.15) is 0 Å². The molecule has 2 N–H and O–H groups in total. The number of nitrogens with one attached hydrogen (secondary N) is 2. The predicted molar refractivity (Wildman–Crippen MR) is 104 cm³/mol. The fraction of sp³-hybridized carbons (Fsp3) is 0.200. The van der Waals surface area contributed by atoms with Crippen molar-refractivity contribution in [2.24, 2.45) is 0 Å². The van der Waals surface area contributed by atoms with Gasteiger partial charge in [0.2, 0.25) is 5.91 Å². The second-order valence-corrected chi connectivity index (χ2v) is 6.79. The van der Waals surface area contributed by atoms with Gasteiger partial charge in [-0.05, 0) is 23.8 Å². The van der Waals surface area contributed by atoms with Gasteiger partial charge in [0.05, 0.1) is 19.8 Å². The van der Waals surface area contributed by atoms with Crippen LogP contribution in [0.15, 0.2) is 60.8 Å². The smallest absolute Gasteiger partial charge is 0.244 e. The fourth-order valence-electron chi connectivity index (χ4n) is 2.86. The largest absolute Gasteiger partial charge is 0.340 e. The minimum atomic E-state index is -0.165. The molecule has 0 radical (unpaired) electrons. The van der Waals surface area contributed by atoms with Gasteiger partial charge in [-0.15, -0.1) is 0 Å². The number of rotatable bonds is 6. The molecule has 0 spiro atoms. The zero-order chi connectivity index (χ0) is 18.5. The number of benzene rings is 1. The third-order valence-electron chi connectivity index (χ3n) is 4.05. The van der Waals surface area contributed by atoms with E-state index in [-0.39, 0.29) is 11.9 Å². The Balaban J connectivity index is 1.77. The molecule has 2 heterocycles. The normalized spacial score (nSPS) is 12.8. The van der Waals surface area contributed by atoms with Crippen LogP contribution >= 0.6 is 11.6 Å². The van der Waals surface area contributed by atoms with Crippen LogP contribution in [0.2, 0.25) is 5.15 Å². The number of imidazole rings is 1. The molecule has 0 aliphatic rings. The lowest BCUT2D eigenvalue weighted by molar-refractivity contribution is -0.860. The van der Waals surface area contributed by atoms with Gasteiger partial charge in [0.1, 0.15) is 18.2 Å². The van der Waals surface area contributed by atoms with E-state index in [0.717, 1.165) is 17.8 Å². The topological polar surface area (TPSA) is 50.8 Å². The van der Waals surface area contributed by atoms with Gasteiger partial charge in [0, 0.05) is 12.3 Å². The molecule has 1 aromatic carbocycles. The minimum Gasteiger partial charge on any atom is -0.340 e. The number of halogens is 1. The van der Waals surface area contributed by atoms with Crippen molar-refractivity contribution in [2.75, 3.05) is 20.6 Å². The number of carbonyl (C=O) groups excluding carboxylic acids is 1. The van der Waals surface area contributed by atoms with Gasteiger partial charge in [0.15, 0.2) is 5.15 Å². The molecule has 2 aromatic heterocycles. The Morgan fingerprint density at radius 1 is 1.23 bits per heavy atom. The molecule has 0 fully saturated rings. The van der Waals surface area contributed by atoms with Crippen molar-refractivity contribution < 1.29 is 9.69 Å². The van der Waals surface area contributed by atoms with Gasteiger partial charge in [-0.25, -0.2) is 4.98 Å². The van der Waals surface area contributed by atoms with Gasteiger partial charge >= 0.3 is 0 Å². The van der Waals surface area contributed by atoms with Crippen molar-refractivity contribution in [2.45, 2.75) is 6.04 Å². The summed E-state index contributed by atoms with van der Waals surface area (Å²) in [6, 6.07) is 15.6. The van der Waals surface area contributed by atoms with Gasteiger partial charge < -0.3 is 10.2 Å². The van der Waals surface area contributed by atoms with Crippen LogP contribution in [-0.4, -0.2) is 35.9 Å². The van der Waals surface area contributed by atoms with Gasteiger partial charge in [-0.3, -0.25) is 9.20 Å². The molecule has 0 saturated heterocycles. The highest BCUT2D eigenvalue weighted by atomic mass is 35.5. The maximum atomic E-state index is 12.5. The first-order chi connectivity index (χ1) is 12.5. The number of nitrogens with zero attached hydrogens (tertiary/aromatic N) is 2. The SMILES string of the molecule is C[NH+](C)C[C@@H](NC(=O)/C=C/c1c(Cl)nc2ccccn12)c1ccccc1. The molecule has 0 aliphatic carbocycles. The van der Waals surface area contributed by atoms with Crippen LogP contribution in [0.4, 0.5) is 0 Å². The molecule has 3 rings (SSSR count). The number of likely N-dealkylation sites (N-methyl/N-ethyl adjacent to an activating group) is 1. The highest BCUT2D eigenvalue weighted by Crippen LogP contribution is 2.19. The third-order valence-corrected chi connectivity index (χ3v) is 4.32. The Morgan fingerprint density at radius 2 is 1.96 bits per heavy atom. The molecule has 3 aromatic rings. The van der Waals surface area contributed by atoms with Crippen LogP contribution < -0.4 is 10.2 Å². The van der Waals surface area contributed by atoms with Crippen molar-refractivity contribution in [1.29, 1.82) is 0 Å². The summed E-state index contributed by atoms with van der Waals surface area (Å²) in [7, 11) is 4.13. The van der Waals surface area contributed by atoms with Crippen LogP contribution in [0, 0.1) is 0 Å². The Kier molecular flexibility index (Phi) is 5.71. The van der Waals surface area contributed by atoms with E-state index in [9.17, 15) is 4.79 Å². The molecule has 0 saturated carbocycles. The summed E-state index contributed by atoms with van der Waals surface area (Å²) in [5.74, 6) is -0.165. The molecule has 0 unspecified atom stereocenters. The maximum absolute atomic E-state index is 12.5. The number of pyridine rings is 1. The molecule has 0 bridgehead atoms. The first-order valence-corrected chi connectivity index (χ1v) is 8.87.